The molecule has 0 radical (unpaired) electrons. The Kier molecular flexibility index (Phi) is 7.79. The van der Waals surface area contributed by atoms with Crippen molar-refractivity contribution in [3.63, 3.8) is 0 Å². The molecule has 0 aliphatic rings. The van der Waals surface area contributed by atoms with E-state index in [2.05, 4.69) is 15.3 Å². The fourth-order valence-electron chi connectivity index (χ4n) is 2.10. The molecule has 0 spiro atoms. The van der Waals surface area contributed by atoms with Crippen LogP contribution in [0.5, 0.6) is 0 Å². The lowest BCUT2D eigenvalue weighted by molar-refractivity contribution is -0.157. The molecule has 1 aromatic carbocycles. The molecular formula is C17H24N4O3. The first-order valence-corrected chi connectivity index (χ1v) is 7.86. The van der Waals surface area contributed by atoms with Crippen molar-refractivity contribution in [2.75, 3.05) is 6.54 Å². The Morgan fingerprint density at radius 3 is 2.54 bits per heavy atom. The van der Waals surface area contributed by atoms with Gasteiger partial charge in [0.2, 0.25) is 5.91 Å². The van der Waals surface area contributed by atoms with Gasteiger partial charge in [0, 0.05) is 23.9 Å². The molecule has 1 atom stereocenters. The second-order valence-corrected chi connectivity index (χ2v) is 6.43. The summed E-state index contributed by atoms with van der Waals surface area (Å²) in [5, 5.41) is 6.26. The average Bonchev–Trinajstić information content (AvgIpc) is 2.51. The van der Waals surface area contributed by atoms with Gasteiger partial charge in [0.15, 0.2) is 0 Å². The molecule has 0 unspecified atom stereocenters. The molecule has 0 aliphatic carbocycles. The minimum absolute atomic E-state index is 0.0428. The Hall–Kier alpha value is -2.53. The molecule has 1 rings (SSSR count). The van der Waals surface area contributed by atoms with E-state index in [0.29, 0.717) is 13.0 Å². The third-order valence-corrected chi connectivity index (χ3v) is 3.15. The number of carbonyl (C=O) groups excluding carboxylic acids is 2. The van der Waals surface area contributed by atoms with Crippen LogP contribution < -0.4 is 5.32 Å². The first kappa shape index (κ1) is 19.5. The Balaban J connectivity index is 2.63. The van der Waals surface area contributed by atoms with Gasteiger partial charge in [-0.1, -0.05) is 35.4 Å². The zero-order chi connectivity index (χ0) is 18.0. The lowest BCUT2D eigenvalue weighted by atomic mass is 10.00. The summed E-state index contributed by atoms with van der Waals surface area (Å²) < 4.78 is 5.27. The maximum Gasteiger partial charge on any atom is 0.307 e. The number of carbonyl (C=O) groups is 2. The number of nitrogens with zero attached hydrogens (tertiary/aromatic N) is 3. The van der Waals surface area contributed by atoms with E-state index < -0.39 is 17.5 Å². The van der Waals surface area contributed by atoms with Crippen LogP contribution in [-0.4, -0.2) is 24.0 Å². The van der Waals surface area contributed by atoms with Crippen LogP contribution in [0.3, 0.4) is 0 Å². The SMILES string of the molecule is CC(C)(C)OC(=O)C[C@H](CCN=[N+]=[N-])C(=O)NCc1ccccc1. The van der Waals surface area contributed by atoms with Gasteiger partial charge in [-0.3, -0.25) is 9.59 Å². The Morgan fingerprint density at radius 2 is 1.96 bits per heavy atom. The number of hydrogen-bond donors (Lipinski definition) is 1. The van der Waals surface area contributed by atoms with Crippen molar-refractivity contribution in [2.45, 2.75) is 45.8 Å². The summed E-state index contributed by atoms with van der Waals surface area (Å²) in [6, 6.07) is 9.49. The Labute approximate surface area is 142 Å². The van der Waals surface area contributed by atoms with Crippen LogP contribution in [0.25, 0.3) is 10.4 Å². The second-order valence-electron chi connectivity index (χ2n) is 6.43. The van der Waals surface area contributed by atoms with Crippen LogP contribution in [0, 0.1) is 5.92 Å². The number of nitrogens with one attached hydrogen (secondary N) is 1. The van der Waals surface area contributed by atoms with E-state index in [1.165, 1.54) is 0 Å². The molecule has 0 bridgehead atoms. The monoisotopic (exact) mass is 332 g/mol. The standard InChI is InChI=1S/C17H24N4O3/c1-17(2,3)24-15(22)11-14(9-10-20-21-18)16(23)19-12-13-7-5-4-6-8-13/h4-8,14H,9-12H2,1-3H3,(H,19,23)/t14-/m0/s1. The molecule has 24 heavy (non-hydrogen) atoms. The molecule has 1 amide bonds. The maximum absolute atomic E-state index is 12.4. The van der Waals surface area contributed by atoms with E-state index in [9.17, 15) is 9.59 Å². The molecule has 7 heteroatoms. The van der Waals surface area contributed by atoms with Crippen molar-refractivity contribution in [3.05, 3.63) is 46.3 Å². The number of hydrogen-bond acceptors (Lipinski definition) is 4. The van der Waals surface area contributed by atoms with Gasteiger partial charge in [-0.25, -0.2) is 0 Å². The van der Waals surface area contributed by atoms with Gasteiger partial charge >= 0.3 is 5.97 Å². The molecule has 0 heterocycles. The molecule has 0 saturated carbocycles. The fraction of sp³-hybridized carbons (Fsp3) is 0.529. The van der Waals surface area contributed by atoms with E-state index in [-0.39, 0.29) is 18.9 Å². The summed E-state index contributed by atoms with van der Waals surface area (Å²) in [4.78, 5) is 27.0. The second kappa shape index (κ2) is 9.57. The van der Waals surface area contributed by atoms with E-state index in [4.69, 9.17) is 10.3 Å². The normalized spacial score (nSPS) is 12.0. The molecule has 130 valence electrons. The van der Waals surface area contributed by atoms with E-state index in [1.807, 2.05) is 30.3 Å². The van der Waals surface area contributed by atoms with Gasteiger partial charge in [-0.15, -0.1) is 0 Å². The topological polar surface area (TPSA) is 104 Å². The molecule has 0 aromatic heterocycles. The zero-order valence-corrected chi connectivity index (χ0v) is 14.4. The minimum Gasteiger partial charge on any atom is -0.460 e. The van der Waals surface area contributed by atoms with Crippen molar-refractivity contribution in [1.82, 2.24) is 5.32 Å². The van der Waals surface area contributed by atoms with E-state index in [1.54, 1.807) is 20.8 Å². The van der Waals surface area contributed by atoms with Crippen LogP contribution in [0.4, 0.5) is 0 Å². The van der Waals surface area contributed by atoms with Crippen molar-refractivity contribution in [2.24, 2.45) is 11.0 Å². The van der Waals surface area contributed by atoms with Gasteiger partial charge in [-0.2, -0.15) is 0 Å². The number of benzene rings is 1. The largest absolute Gasteiger partial charge is 0.460 e. The maximum atomic E-state index is 12.4. The molecule has 0 fully saturated rings. The third-order valence-electron chi connectivity index (χ3n) is 3.15. The zero-order valence-electron chi connectivity index (χ0n) is 14.4. The summed E-state index contributed by atoms with van der Waals surface area (Å²) in [7, 11) is 0. The lowest BCUT2D eigenvalue weighted by Gasteiger charge is -2.22. The summed E-state index contributed by atoms with van der Waals surface area (Å²) >= 11 is 0. The smallest absolute Gasteiger partial charge is 0.307 e. The third kappa shape index (κ3) is 8.19. The summed E-state index contributed by atoms with van der Waals surface area (Å²) in [5.41, 5.74) is 8.74. The van der Waals surface area contributed by atoms with Crippen molar-refractivity contribution >= 4 is 11.9 Å². The number of amides is 1. The molecular weight excluding hydrogens is 308 g/mol. The van der Waals surface area contributed by atoms with Gasteiger partial charge in [0.25, 0.3) is 0 Å². The van der Waals surface area contributed by atoms with Crippen LogP contribution in [0.1, 0.15) is 39.2 Å². The highest BCUT2D eigenvalue weighted by atomic mass is 16.6. The van der Waals surface area contributed by atoms with Gasteiger partial charge < -0.3 is 10.1 Å². The highest BCUT2D eigenvalue weighted by Crippen LogP contribution is 2.15. The van der Waals surface area contributed by atoms with Crippen molar-refractivity contribution < 1.29 is 14.3 Å². The van der Waals surface area contributed by atoms with Crippen molar-refractivity contribution in [3.8, 4) is 0 Å². The Morgan fingerprint density at radius 1 is 1.29 bits per heavy atom. The fourth-order valence-corrected chi connectivity index (χ4v) is 2.10. The lowest BCUT2D eigenvalue weighted by Crippen LogP contribution is -2.34. The quantitative estimate of drug-likeness (QED) is 0.341. The van der Waals surface area contributed by atoms with Gasteiger partial charge in [-0.05, 0) is 38.3 Å². The first-order chi connectivity index (χ1) is 11.3. The van der Waals surface area contributed by atoms with Crippen LogP contribution in [-0.2, 0) is 20.9 Å². The van der Waals surface area contributed by atoms with Gasteiger partial charge in [0.05, 0.1) is 6.42 Å². The Bertz CT molecular complexity index is 590. The minimum atomic E-state index is -0.604. The number of ether oxygens (including phenoxy) is 1. The highest BCUT2D eigenvalue weighted by Gasteiger charge is 2.25. The van der Waals surface area contributed by atoms with Crippen LogP contribution in [0.15, 0.2) is 35.4 Å². The van der Waals surface area contributed by atoms with Crippen LogP contribution in [0.2, 0.25) is 0 Å². The number of rotatable bonds is 8. The molecule has 0 saturated heterocycles. The summed E-state index contributed by atoms with van der Waals surface area (Å²) in [6.07, 6.45) is 0.253. The average molecular weight is 332 g/mol. The molecule has 7 nitrogen and oxygen atoms in total. The van der Waals surface area contributed by atoms with E-state index >= 15 is 0 Å². The molecule has 0 aliphatic heterocycles. The predicted octanol–water partition coefficient (Wildman–Crippen LogP) is 3.35. The summed E-state index contributed by atoms with van der Waals surface area (Å²) in [6.45, 7) is 5.86. The van der Waals surface area contributed by atoms with Crippen LogP contribution >= 0.6 is 0 Å². The molecule has 1 aromatic rings. The van der Waals surface area contributed by atoms with E-state index in [0.717, 1.165) is 5.56 Å². The summed E-state index contributed by atoms with van der Waals surface area (Å²) in [5.74, 6) is -1.28. The predicted molar refractivity (Wildman–Crippen MR) is 90.9 cm³/mol. The first-order valence-electron chi connectivity index (χ1n) is 7.86. The number of azide groups is 1. The highest BCUT2D eigenvalue weighted by molar-refractivity contribution is 5.83. The number of esters is 1. The van der Waals surface area contributed by atoms with Gasteiger partial charge in [0.1, 0.15) is 5.60 Å². The van der Waals surface area contributed by atoms with Crippen molar-refractivity contribution in [1.29, 1.82) is 0 Å². The molecule has 1 N–H and O–H groups in total.